The van der Waals surface area contributed by atoms with Crippen LogP contribution in [0.2, 0.25) is 0 Å². The molecule has 2 heterocycles. The first kappa shape index (κ1) is 43.6. The molecular weight excluding hydrogens is 888 g/mol. The third-order valence-electron chi connectivity index (χ3n) is 12.2. The van der Waals surface area contributed by atoms with Crippen molar-refractivity contribution in [1.29, 1.82) is 5.26 Å². The van der Waals surface area contributed by atoms with E-state index in [0.29, 0.717) is 65.9 Å². The standard InChI is InChI=1S/C55H31F9N4/c1-30-18-35(24-38(20-30)54(59,60)61)33-12-15-42-40-8-4-6-10-46(40)67(48(42)26-33)50-22-32(29-65)23-51(52(50)44-17-14-37(53(56,57)58)28-45(44)66-3)68-47-11-7-5-9-41(47)43-16-13-34(27-49(43)68)36-19-31(2)21-39(25-36)55(62,63)64/h4-28H,1-2H3. The second-order valence-corrected chi connectivity index (χ2v) is 16.7. The zero-order chi connectivity index (χ0) is 48.0. The molecule has 13 heteroatoms. The zero-order valence-electron chi connectivity index (χ0n) is 35.6. The predicted octanol–water partition coefficient (Wildman–Crippen LogP) is 17.0. The molecule has 0 unspecified atom stereocenters. The summed E-state index contributed by atoms with van der Waals surface area (Å²) in [7, 11) is 0. The van der Waals surface area contributed by atoms with E-state index in [1.165, 1.54) is 6.07 Å². The van der Waals surface area contributed by atoms with Gasteiger partial charge in [-0.25, -0.2) is 4.85 Å². The first-order valence-electron chi connectivity index (χ1n) is 21.0. The average molecular weight is 919 g/mol. The molecule has 0 aliphatic rings. The van der Waals surface area contributed by atoms with Gasteiger partial charge in [-0.3, -0.25) is 0 Å². The molecule has 4 nitrogen and oxygen atoms in total. The Bertz CT molecular complexity index is 3610. The molecule has 0 amide bonds. The van der Waals surface area contributed by atoms with Crippen molar-refractivity contribution in [2.45, 2.75) is 32.4 Å². The quantitative estimate of drug-likeness (QED) is 0.125. The predicted molar refractivity (Wildman–Crippen MR) is 247 cm³/mol. The molecule has 10 rings (SSSR count). The molecule has 8 aromatic carbocycles. The number of para-hydroxylation sites is 2. The normalized spacial score (nSPS) is 12.3. The Morgan fingerprint density at radius 1 is 0.456 bits per heavy atom. The topological polar surface area (TPSA) is 38.0 Å². The lowest BCUT2D eigenvalue weighted by Crippen LogP contribution is -2.07. The zero-order valence-corrected chi connectivity index (χ0v) is 35.6. The van der Waals surface area contributed by atoms with Gasteiger partial charge in [0, 0.05) is 32.7 Å². The second kappa shape index (κ2) is 15.7. The van der Waals surface area contributed by atoms with Crippen LogP contribution in [-0.2, 0) is 18.5 Å². The highest BCUT2D eigenvalue weighted by Crippen LogP contribution is 2.48. The van der Waals surface area contributed by atoms with Gasteiger partial charge in [-0.2, -0.15) is 44.8 Å². The Hall–Kier alpha value is -8.29. The maximum atomic E-state index is 14.4. The molecule has 2 aromatic heterocycles. The van der Waals surface area contributed by atoms with Crippen LogP contribution in [0.5, 0.6) is 0 Å². The largest absolute Gasteiger partial charge is 0.416 e. The minimum Gasteiger partial charge on any atom is -0.309 e. The van der Waals surface area contributed by atoms with E-state index in [-0.39, 0.29) is 44.9 Å². The van der Waals surface area contributed by atoms with Crippen molar-refractivity contribution >= 4 is 49.3 Å². The fourth-order valence-corrected chi connectivity index (χ4v) is 9.36. The first-order valence-corrected chi connectivity index (χ1v) is 21.0. The van der Waals surface area contributed by atoms with E-state index in [2.05, 4.69) is 10.9 Å². The lowest BCUT2D eigenvalue weighted by molar-refractivity contribution is -0.138. The Morgan fingerprint density at radius 3 is 1.32 bits per heavy atom. The van der Waals surface area contributed by atoms with Gasteiger partial charge < -0.3 is 9.13 Å². The summed E-state index contributed by atoms with van der Waals surface area (Å²) in [6.07, 6.45) is -14.1. The smallest absolute Gasteiger partial charge is 0.309 e. The number of benzene rings is 8. The molecule has 0 spiro atoms. The summed E-state index contributed by atoms with van der Waals surface area (Å²) in [6.45, 7) is 11.4. The molecule has 0 bridgehead atoms. The molecule has 0 fully saturated rings. The van der Waals surface area contributed by atoms with Gasteiger partial charge >= 0.3 is 18.5 Å². The third kappa shape index (κ3) is 7.37. The summed E-state index contributed by atoms with van der Waals surface area (Å²) in [5, 5.41) is 13.6. The van der Waals surface area contributed by atoms with Gasteiger partial charge in [0.15, 0.2) is 5.69 Å². The number of aromatic nitrogens is 2. The Kier molecular flexibility index (Phi) is 10.0. The summed E-state index contributed by atoms with van der Waals surface area (Å²) < 4.78 is 132. The highest BCUT2D eigenvalue weighted by atomic mass is 19.4. The summed E-state index contributed by atoms with van der Waals surface area (Å²) in [6, 6.07) is 40.6. The van der Waals surface area contributed by atoms with Crippen LogP contribution in [0.15, 0.2) is 152 Å². The van der Waals surface area contributed by atoms with Crippen molar-refractivity contribution in [2.75, 3.05) is 0 Å². The monoisotopic (exact) mass is 918 g/mol. The molecule has 334 valence electrons. The first-order chi connectivity index (χ1) is 32.3. The molecule has 0 atom stereocenters. The van der Waals surface area contributed by atoms with Crippen LogP contribution < -0.4 is 0 Å². The Labute approximate surface area is 381 Å². The maximum Gasteiger partial charge on any atom is 0.416 e. The number of nitrogens with zero attached hydrogens (tertiary/aromatic N) is 4. The number of fused-ring (bicyclic) bond motifs is 6. The van der Waals surface area contributed by atoms with Crippen molar-refractivity contribution in [2.24, 2.45) is 0 Å². The van der Waals surface area contributed by atoms with Gasteiger partial charge in [0.25, 0.3) is 0 Å². The number of nitriles is 1. The van der Waals surface area contributed by atoms with E-state index in [1.54, 1.807) is 108 Å². The van der Waals surface area contributed by atoms with E-state index >= 15 is 0 Å². The maximum absolute atomic E-state index is 14.4. The Morgan fingerprint density at radius 2 is 0.897 bits per heavy atom. The summed E-state index contributed by atoms with van der Waals surface area (Å²) in [5.41, 5.74) is 2.00. The minimum atomic E-state index is -4.82. The van der Waals surface area contributed by atoms with Gasteiger partial charge in [0.05, 0.1) is 62.8 Å². The van der Waals surface area contributed by atoms with Crippen molar-refractivity contribution in [3.05, 3.63) is 196 Å². The highest BCUT2D eigenvalue weighted by Gasteiger charge is 2.34. The lowest BCUT2D eigenvalue weighted by atomic mass is 9.95. The molecule has 0 aliphatic heterocycles. The van der Waals surface area contributed by atoms with Gasteiger partial charge in [-0.1, -0.05) is 84.9 Å². The van der Waals surface area contributed by atoms with Crippen LogP contribution in [0.4, 0.5) is 45.2 Å². The lowest BCUT2D eigenvalue weighted by Gasteiger charge is -2.22. The number of alkyl halides is 9. The highest BCUT2D eigenvalue weighted by molar-refractivity contribution is 6.13. The van der Waals surface area contributed by atoms with Crippen LogP contribution in [0.3, 0.4) is 0 Å². The summed E-state index contributed by atoms with van der Waals surface area (Å²) in [4.78, 5) is 3.62. The third-order valence-corrected chi connectivity index (χ3v) is 12.2. The van der Waals surface area contributed by atoms with Gasteiger partial charge in [-0.05, 0) is 120 Å². The summed E-state index contributed by atoms with van der Waals surface area (Å²) in [5.74, 6) is 0. The SMILES string of the molecule is [C-]#[N+]c1cc(C(F)(F)F)ccc1-c1c(-n2c3ccccc3c3ccc(-c4cc(C)cc(C(F)(F)F)c4)cc32)cc(C#N)cc1-n1c2ccccc2c2ccc(-c3cc(C)cc(C(F)(F)F)c3)cc21. The van der Waals surface area contributed by atoms with Crippen molar-refractivity contribution in [1.82, 2.24) is 9.13 Å². The number of halogens is 9. The van der Waals surface area contributed by atoms with Crippen LogP contribution >= 0.6 is 0 Å². The van der Waals surface area contributed by atoms with Crippen molar-refractivity contribution in [3.63, 3.8) is 0 Å². The van der Waals surface area contributed by atoms with Crippen LogP contribution in [-0.4, -0.2) is 9.13 Å². The molecule has 68 heavy (non-hydrogen) atoms. The molecular formula is C55H31F9N4. The minimum absolute atomic E-state index is 0.0636. The molecule has 0 saturated carbocycles. The molecule has 0 N–H and O–H groups in total. The number of hydrogen-bond donors (Lipinski definition) is 0. The van der Waals surface area contributed by atoms with Crippen LogP contribution in [0, 0.1) is 31.8 Å². The Balaban J connectivity index is 1.36. The van der Waals surface area contributed by atoms with Gasteiger partial charge in [0.1, 0.15) is 0 Å². The van der Waals surface area contributed by atoms with E-state index in [4.69, 9.17) is 6.57 Å². The van der Waals surface area contributed by atoms with Crippen LogP contribution in [0.25, 0.3) is 93.2 Å². The van der Waals surface area contributed by atoms with E-state index < -0.39 is 35.2 Å². The second-order valence-electron chi connectivity index (χ2n) is 16.7. The van der Waals surface area contributed by atoms with E-state index in [9.17, 15) is 44.8 Å². The number of hydrogen-bond acceptors (Lipinski definition) is 1. The number of aryl methyl sites for hydroxylation is 2. The molecule has 0 aliphatic carbocycles. The van der Waals surface area contributed by atoms with Crippen molar-refractivity contribution in [3.8, 4) is 50.8 Å². The number of rotatable bonds is 5. The van der Waals surface area contributed by atoms with Gasteiger partial charge in [-0.15, -0.1) is 0 Å². The van der Waals surface area contributed by atoms with Crippen molar-refractivity contribution < 1.29 is 39.5 Å². The van der Waals surface area contributed by atoms with E-state index in [0.717, 1.165) is 36.4 Å². The summed E-state index contributed by atoms with van der Waals surface area (Å²) >= 11 is 0. The molecule has 0 saturated heterocycles. The van der Waals surface area contributed by atoms with Crippen LogP contribution in [0.1, 0.15) is 33.4 Å². The molecule has 10 aromatic rings. The molecule has 0 radical (unpaired) electrons. The fraction of sp³-hybridized carbons (Fsp3) is 0.0909. The fourth-order valence-electron chi connectivity index (χ4n) is 9.36. The van der Waals surface area contributed by atoms with Gasteiger partial charge in [0.2, 0.25) is 0 Å². The van der Waals surface area contributed by atoms with E-state index in [1.807, 2.05) is 24.3 Å². The average Bonchev–Trinajstić information content (AvgIpc) is 3.81.